The van der Waals surface area contributed by atoms with Crippen LogP contribution in [0.5, 0.6) is 5.75 Å². The highest BCUT2D eigenvalue weighted by molar-refractivity contribution is 7.80. The van der Waals surface area contributed by atoms with E-state index in [1.807, 2.05) is 36.9 Å². The Morgan fingerprint density at radius 3 is 2.88 bits per heavy atom. The normalized spacial score (nSPS) is 24.2. The molecule has 2 atom stereocenters. The zero-order valence-electron chi connectivity index (χ0n) is 13.9. The Kier molecular flexibility index (Phi) is 3.43. The number of anilines is 1. The number of thiocarbonyl (C=S) groups is 1. The van der Waals surface area contributed by atoms with Crippen LogP contribution in [-0.4, -0.2) is 15.8 Å². The molecule has 1 fully saturated rings. The number of benzene rings is 2. The SMILES string of the molecule is Cc1cccc(N2C(=S)NC3CC2(C)Oc2ccc([N+](=O)[O-])cc23)c1. The molecule has 2 aliphatic rings. The van der Waals surface area contributed by atoms with Gasteiger partial charge in [-0.15, -0.1) is 0 Å². The molecule has 1 saturated heterocycles. The lowest BCUT2D eigenvalue weighted by molar-refractivity contribution is -0.385. The highest BCUT2D eigenvalue weighted by atomic mass is 32.1. The van der Waals surface area contributed by atoms with E-state index in [2.05, 4.69) is 11.4 Å². The van der Waals surface area contributed by atoms with Gasteiger partial charge in [0.15, 0.2) is 10.8 Å². The lowest BCUT2D eigenvalue weighted by Gasteiger charge is -2.52. The molecule has 0 spiro atoms. The second-order valence-electron chi connectivity index (χ2n) is 6.64. The monoisotopic (exact) mass is 355 g/mol. The number of hydrogen-bond acceptors (Lipinski definition) is 4. The minimum absolute atomic E-state index is 0.0554. The first-order valence-electron chi connectivity index (χ1n) is 8.02. The number of hydrogen-bond donors (Lipinski definition) is 1. The number of rotatable bonds is 2. The molecule has 128 valence electrons. The van der Waals surface area contributed by atoms with E-state index in [-0.39, 0.29) is 11.7 Å². The zero-order chi connectivity index (χ0) is 17.8. The molecule has 2 aliphatic heterocycles. The molecule has 0 saturated carbocycles. The highest BCUT2D eigenvalue weighted by Crippen LogP contribution is 2.46. The predicted molar refractivity (Wildman–Crippen MR) is 98.9 cm³/mol. The third kappa shape index (κ3) is 2.51. The van der Waals surface area contributed by atoms with Crippen molar-refractivity contribution in [3.63, 3.8) is 0 Å². The first kappa shape index (κ1) is 15.8. The molecule has 0 aromatic heterocycles. The Morgan fingerprint density at radius 1 is 1.36 bits per heavy atom. The van der Waals surface area contributed by atoms with E-state index in [0.29, 0.717) is 17.3 Å². The van der Waals surface area contributed by atoms with Gasteiger partial charge in [0.25, 0.3) is 5.69 Å². The molecule has 0 amide bonds. The lowest BCUT2D eigenvalue weighted by Crippen LogP contribution is -2.65. The fourth-order valence-corrected chi connectivity index (χ4v) is 4.07. The van der Waals surface area contributed by atoms with Gasteiger partial charge in [-0.2, -0.15) is 0 Å². The number of fused-ring (bicyclic) bond motifs is 4. The standard InChI is InChI=1S/C18H17N3O3S/c1-11-4-3-5-12(8-11)20-17(25)19-15-10-18(20,2)24-16-7-6-13(21(22)23)9-14(15)16/h3-9,15H,10H2,1-2H3,(H,19,25). The van der Waals surface area contributed by atoms with E-state index in [0.717, 1.165) is 16.8 Å². The summed E-state index contributed by atoms with van der Waals surface area (Å²) >= 11 is 5.59. The molecule has 1 N–H and O–H groups in total. The fraction of sp³-hybridized carbons (Fsp3) is 0.278. The van der Waals surface area contributed by atoms with Crippen molar-refractivity contribution in [2.24, 2.45) is 0 Å². The largest absolute Gasteiger partial charge is 0.467 e. The molecule has 2 unspecified atom stereocenters. The van der Waals surface area contributed by atoms with Gasteiger partial charge in [0.05, 0.1) is 11.0 Å². The van der Waals surface area contributed by atoms with Crippen molar-refractivity contribution >= 4 is 28.7 Å². The second-order valence-corrected chi connectivity index (χ2v) is 7.02. The maximum Gasteiger partial charge on any atom is 0.270 e. The van der Waals surface area contributed by atoms with Crippen LogP contribution in [-0.2, 0) is 0 Å². The minimum atomic E-state index is -0.649. The maximum absolute atomic E-state index is 11.1. The van der Waals surface area contributed by atoms with Gasteiger partial charge in [0.2, 0.25) is 0 Å². The molecule has 0 aliphatic carbocycles. The summed E-state index contributed by atoms with van der Waals surface area (Å²) in [4.78, 5) is 12.7. The van der Waals surface area contributed by atoms with Crippen LogP contribution in [0.1, 0.15) is 30.5 Å². The van der Waals surface area contributed by atoms with Gasteiger partial charge < -0.3 is 10.1 Å². The molecule has 7 heteroatoms. The Balaban J connectivity index is 1.79. The van der Waals surface area contributed by atoms with E-state index in [1.165, 1.54) is 6.07 Å². The summed E-state index contributed by atoms with van der Waals surface area (Å²) in [5.74, 6) is 0.650. The molecule has 2 aromatic carbocycles. The number of non-ortho nitro benzene ring substituents is 1. The average molecular weight is 355 g/mol. The van der Waals surface area contributed by atoms with Crippen LogP contribution >= 0.6 is 12.2 Å². The van der Waals surface area contributed by atoms with Crippen LogP contribution < -0.4 is 15.0 Å². The molecule has 0 radical (unpaired) electrons. The van der Waals surface area contributed by atoms with Crippen LogP contribution in [0.15, 0.2) is 42.5 Å². The van der Waals surface area contributed by atoms with Gasteiger partial charge in [-0.05, 0) is 49.8 Å². The molecule has 2 bridgehead atoms. The van der Waals surface area contributed by atoms with Crippen molar-refractivity contribution in [2.45, 2.75) is 32.0 Å². The summed E-state index contributed by atoms with van der Waals surface area (Å²) in [5, 5.41) is 14.9. The van der Waals surface area contributed by atoms with Gasteiger partial charge in [-0.1, -0.05) is 12.1 Å². The third-order valence-electron chi connectivity index (χ3n) is 4.73. The van der Waals surface area contributed by atoms with E-state index >= 15 is 0 Å². The van der Waals surface area contributed by atoms with Gasteiger partial charge in [0, 0.05) is 29.8 Å². The average Bonchev–Trinajstić information content (AvgIpc) is 2.53. The molecule has 2 heterocycles. The zero-order valence-corrected chi connectivity index (χ0v) is 14.7. The van der Waals surface area contributed by atoms with Crippen molar-refractivity contribution in [3.8, 4) is 5.75 Å². The topological polar surface area (TPSA) is 67.6 Å². The molecule has 4 rings (SSSR count). The molecular weight excluding hydrogens is 338 g/mol. The summed E-state index contributed by atoms with van der Waals surface area (Å²) in [6.45, 7) is 4.03. The van der Waals surface area contributed by atoms with E-state index in [4.69, 9.17) is 17.0 Å². The predicted octanol–water partition coefficient (Wildman–Crippen LogP) is 3.84. The van der Waals surface area contributed by atoms with E-state index < -0.39 is 10.6 Å². The number of nitrogens with zero attached hydrogens (tertiary/aromatic N) is 2. The van der Waals surface area contributed by atoms with Crippen LogP contribution in [0, 0.1) is 17.0 Å². The van der Waals surface area contributed by atoms with Crippen LogP contribution in [0.2, 0.25) is 0 Å². The Bertz CT molecular complexity index is 901. The molecule has 25 heavy (non-hydrogen) atoms. The third-order valence-corrected chi connectivity index (χ3v) is 5.03. The van der Waals surface area contributed by atoms with Gasteiger partial charge >= 0.3 is 0 Å². The summed E-state index contributed by atoms with van der Waals surface area (Å²) in [6.07, 6.45) is 0.634. The minimum Gasteiger partial charge on any atom is -0.467 e. The van der Waals surface area contributed by atoms with Crippen molar-refractivity contribution in [3.05, 3.63) is 63.7 Å². The Morgan fingerprint density at radius 2 is 2.16 bits per heavy atom. The number of ether oxygens (including phenoxy) is 1. The quantitative estimate of drug-likeness (QED) is 0.502. The second kappa shape index (κ2) is 5.42. The van der Waals surface area contributed by atoms with Crippen molar-refractivity contribution in [2.75, 3.05) is 4.90 Å². The van der Waals surface area contributed by atoms with Crippen molar-refractivity contribution in [1.82, 2.24) is 5.32 Å². The first-order chi connectivity index (χ1) is 11.9. The van der Waals surface area contributed by atoms with Gasteiger partial charge in [-0.25, -0.2) is 0 Å². The first-order valence-corrected chi connectivity index (χ1v) is 8.43. The van der Waals surface area contributed by atoms with Crippen molar-refractivity contribution < 1.29 is 9.66 Å². The number of nitro groups is 1. The summed E-state index contributed by atoms with van der Waals surface area (Å²) in [5.41, 5.74) is 2.28. The Labute approximate surface area is 150 Å². The van der Waals surface area contributed by atoms with Gasteiger partial charge in [0.1, 0.15) is 5.75 Å². The highest BCUT2D eigenvalue weighted by Gasteiger charge is 2.48. The van der Waals surface area contributed by atoms with Gasteiger partial charge in [-0.3, -0.25) is 15.0 Å². The molecule has 2 aromatic rings. The van der Waals surface area contributed by atoms with E-state index in [9.17, 15) is 10.1 Å². The van der Waals surface area contributed by atoms with Crippen LogP contribution in [0.25, 0.3) is 0 Å². The summed E-state index contributed by atoms with van der Waals surface area (Å²) in [7, 11) is 0. The fourth-order valence-electron chi connectivity index (χ4n) is 3.63. The number of aryl methyl sites for hydroxylation is 1. The smallest absolute Gasteiger partial charge is 0.270 e. The molecular formula is C18H17N3O3S. The summed E-state index contributed by atoms with van der Waals surface area (Å²) in [6, 6.07) is 12.7. The molecule has 6 nitrogen and oxygen atoms in total. The Hall–Kier alpha value is -2.67. The lowest BCUT2D eigenvalue weighted by atomic mass is 9.90. The van der Waals surface area contributed by atoms with Crippen LogP contribution in [0.4, 0.5) is 11.4 Å². The van der Waals surface area contributed by atoms with E-state index in [1.54, 1.807) is 12.1 Å². The summed E-state index contributed by atoms with van der Waals surface area (Å²) < 4.78 is 6.28. The van der Waals surface area contributed by atoms with Crippen LogP contribution in [0.3, 0.4) is 0 Å². The number of nitro benzene ring substituents is 1. The van der Waals surface area contributed by atoms with Crippen molar-refractivity contribution in [1.29, 1.82) is 0 Å². The number of nitrogens with one attached hydrogen (secondary N) is 1. The maximum atomic E-state index is 11.1.